The molecule has 2 aliphatic rings. The predicted octanol–water partition coefficient (Wildman–Crippen LogP) is 1.65. The molecule has 1 nitrogen and oxygen atoms in total. The van der Waals surface area contributed by atoms with Gasteiger partial charge in [0.05, 0.1) is 0 Å². The number of fused-ring (bicyclic) bond motifs is 1. The molecule has 0 amide bonds. The van der Waals surface area contributed by atoms with Gasteiger partial charge in [-0.15, -0.1) is 0 Å². The molecule has 0 aromatic heterocycles. The third-order valence-electron chi connectivity index (χ3n) is 2.24. The first-order valence-corrected chi connectivity index (χ1v) is 4.22. The van der Waals surface area contributed by atoms with E-state index < -0.39 is 0 Å². The van der Waals surface area contributed by atoms with Crippen LogP contribution in [0.3, 0.4) is 0 Å². The molecule has 0 spiro atoms. The monoisotopic (exact) mass is 147 g/mol. The molecule has 0 fully saturated rings. The van der Waals surface area contributed by atoms with E-state index >= 15 is 0 Å². The summed E-state index contributed by atoms with van der Waals surface area (Å²) in [5.74, 6) is 0.627. The Hall–Kier alpha value is -0.820. The fourth-order valence-corrected chi connectivity index (χ4v) is 1.60. The first-order chi connectivity index (χ1) is 5.47. The smallest absolute Gasteiger partial charge is 0.0143 e. The van der Waals surface area contributed by atoms with E-state index in [0.717, 1.165) is 13.1 Å². The Morgan fingerprint density at radius 3 is 3.36 bits per heavy atom. The first-order valence-electron chi connectivity index (χ1n) is 4.22. The molecule has 0 saturated heterocycles. The Labute approximate surface area is 67.5 Å². The molecule has 1 N–H and O–H groups in total. The first kappa shape index (κ1) is 6.86. The maximum atomic E-state index is 3.41. The molecular formula is C10H13N. The topological polar surface area (TPSA) is 12.0 Å². The zero-order valence-electron chi connectivity index (χ0n) is 6.59. The van der Waals surface area contributed by atoms with E-state index in [0.29, 0.717) is 5.92 Å². The molecule has 0 radical (unpaired) electrons. The summed E-state index contributed by atoms with van der Waals surface area (Å²) < 4.78 is 0. The van der Waals surface area contributed by atoms with E-state index in [9.17, 15) is 0 Å². The van der Waals surface area contributed by atoms with Crippen LogP contribution in [0.25, 0.3) is 0 Å². The molecule has 1 heteroatoms. The maximum absolute atomic E-state index is 3.41. The minimum atomic E-state index is 0.627. The minimum absolute atomic E-state index is 0.627. The molecular weight excluding hydrogens is 134 g/mol. The molecule has 0 aromatic carbocycles. The van der Waals surface area contributed by atoms with E-state index in [1.165, 1.54) is 12.0 Å². The van der Waals surface area contributed by atoms with Crippen LogP contribution >= 0.6 is 0 Å². The van der Waals surface area contributed by atoms with Crippen LogP contribution in [0.5, 0.6) is 0 Å². The number of rotatable bonds is 0. The zero-order valence-corrected chi connectivity index (χ0v) is 6.59. The summed E-state index contributed by atoms with van der Waals surface area (Å²) in [6, 6.07) is 0. The number of hydrogen-bond acceptors (Lipinski definition) is 1. The molecule has 0 saturated carbocycles. The van der Waals surface area contributed by atoms with Crippen molar-refractivity contribution in [3.63, 3.8) is 0 Å². The highest BCUT2D eigenvalue weighted by molar-refractivity contribution is 5.33. The highest BCUT2D eigenvalue weighted by Gasteiger charge is 2.12. The van der Waals surface area contributed by atoms with Crippen LogP contribution in [0.2, 0.25) is 0 Å². The molecule has 1 atom stereocenters. The summed E-state index contributed by atoms with van der Waals surface area (Å²) in [5.41, 5.74) is 1.48. The summed E-state index contributed by atoms with van der Waals surface area (Å²) in [4.78, 5) is 0. The van der Waals surface area contributed by atoms with Gasteiger partial charge >= 0.3 is 0 Å². The van der Waals surface area contributed by atoms with Crippen LogP contribution in [0.1, 0.15) is 6.42 Å². The van der Waals surface area contributed by atoms with Crippen LogP contribution in [0.15, 0.2) is 36.0 Å². The summed E-state index contributed by atoms with van der Waals surface area (Å²) in [6.07, 6.45) is 12.2. The number of allylic oxidation sites excluding steroid dienone is 3. The van der Waals surface area contributed by atoms with E-state index in [1.54, 1.807) is 0 Å². The van der Waals surface area contributed by atoms with Crippen LogP contribution in [0.4, 0.5) is 0 Å². The highest BCUT2D eigenvalue weighted by Crippen LogP contribution is 2.19. The van der Waals surface area contributed by atoms with Gasteiger partial charge < -0.3 is 5.32 Å². The van der Waals surface area contributed by atoms with E-state index in [2.05, 4.69) is 35.7 Å². The second-order valence-electron chi connectivity index (χ2n) is 3.05. The zero-order chi connectivity index (χ0) is 7.52. The van der Waals surface area contributed by atoms with Gasteiger partial charge in [-0.1, -0.05) is 30.4 Å². The van der Waals surface area contributed by atoms with Crippen molar-refractivity contribution in [3.05, 3.63) is 36.0 Å². The van der Waals surface area contributed by atoms with Crippen LogP contribution in [-0.2, 0) is 0 Å². The van der Waals surface area contributed by atoms with Gasteiger partial charge in [-0.2, -0.15) is 0 Å². The van der Waals surface area contributed by atoms with Crippen molar-refractivity contribution < 1.29 is 0 Å². The van der Waals surface area contributed by atoms with Gasteiger partial charge in [0.2, 0.25) is 0 Å². The molecule has 11 heavy (non-hydrogen) atoms. The molecule has 0 aromatic rings. The Morgan fingerprint density at radius 1 is 1.36 bits per heavy atom. The van der Waals surface area contributed by atoms with Gasteiger partial charge in [-0.05, 0) is 18.5 Å². The Bertz CT molecular complexity index is 223. The predicted molar refractivity (Wildman–Crippen MR) is 47.3 cm³/mol. The SMILES string of the molecule is C1=CC2=CCCNCC2C=C1. The summed E-state index contributed by atoms with van der Waals surface area (Å²) >= 11 is 0. The summed E-state index contributed by atoms with van der Waals surface area (Å²) in [6.45, 7) is 2.23. The Balaban J connectivity index is 2.21. The molecule has 1 aliphatic heterocycles. The van der Waals surface area contributed by atoms with Gasteiger partial charge in [0.15, 0.2) is 0 Å². The second kappa shape index (κ2) is 3.05. The Kier molecular flexibility index (Phi) is 1.91. The molecule has 1 heterocycles. The molecule has 1 aliphatic carbocycles. The average molecular weight is 147 g/mol. The Morgan fingerprint density at radius 2 is 2.36 bits per heavy atom. The van der Waals surface area contributed by atoms with Crippen molar-refractivity contribution in [3.8, 4) is 0 Å². The number of hydrogen-bond donors (Lipinski definition) is 1. The number of nitrogens with one attached hydrogen (secondary N) is 1. The van der Waals surface area contributed by atoms with Gasteiger partial charge in [0.25, 0.3) is 0 Å². The van der Waals surface area contributed by atoms with Crippen LogP contribution in [0, 0.1) is 5.92 Å². The van der Waals surface area contributed by atoms with Crippen LogP contribution < -0.4 is 5.32 Å². The summed E-state index contributed by atoms with van der Waals surface area (Å²) in [5, 5.41) is 3.41. The van der Waals surface area contributed by atoms with Crippen molar-refractivity contribution in [2.75, 3.05) is 13.1 Å². The van der Waals surface area contributed by atoms with Gasteiger partial charge in [0.1, 0.15) is 0 Å². The molecule has 0 bridgehead atoms. The largest absolute Gasteiger partial charge is 0.316 e. The van der Waals surface area contributed by atoms with E-state index in [1.807, 2.05) is 0 Å². The molecule has 1 unspecified atom stereocenters. The average Bonchev–Trinajstić information content (AvgIpc) is 2.28. The lowest BCUT2D eigenvalue weighted by Gasteiger charge is -2.14. The van der Waals surface area contributed by atoms with Gasteiger partial charge in [-0.25, -0.2) is 0 Å². The third kappa shape index (κ3) is 1.43. The molecule has 2 rings (SSSR count). The fraction of sp³-hybridized carbons (Fsp3) is 0.400. The standard InChI is InChI=1S/C10H13N/c1-2-5-10-8-11-7-3-6-9(10)4-1/h1-2,4-6,10-11H,3,7-8H2. The fourth-order valence-electron chi connectivity index (χ4n) is 1.60. The van der Waals surface area contributed by atoms with Crippen molar-refractivity contribution in [1.29, 1.82) is 0 Å². The summed E-state index contributed by atoms with van der Waals surface area (Å²) in [7, 11) is 0. The van der Waals surface area contributed by atoms with Gasteiger partial charge in [-0.3, -0.25) is 0 Å². The lowest BCUT2D eigenvalue weighted by molar-refractivity contribution is 0.642. The third-order valence-corrected chi connectivity index (χ3v) is 2.24. The highest BCUT2D eigenvalue weighted by atomic mass is 14.9. The quantitative estimate of drug-likeness (QED) is 0.549. The van der Waals surface area contributed by atoms with E-state index in [4.69, 9.17) is 0 Å². The minimum Gasteiger partial charge on any atom is -0.316 e. The normalized spacial score (nSPS) is 29.1. The van der Waals surface area contributed by atoms with E-state index in [-0.39, 0.29) is 0 Å². The van der Waals surface area contributed by atoms with Crippen molar-refractivity contribution in [2.24, 2.45) is 5.92 Å². The maximum Gasteiger partial charge on any atom is 0.0143 e. The van der Waals surface area contributed by atoms with Gasteiger partial charge in [0, 0.05) is 12.5 Å². The van der Waals surface area contributed by atoms with Crippen molar-refractivity contribution in [2.45, 2.75) is 6.42 Å². The van der Waals surface area contributed by atoms with Crippen molar-refractivity contribution in [1.82, 2.24) is 5.32 Å². The van der Waals surface area contributed by atoms with Crippen LogP contribution in [-0.4, -0.2) is 13.1 Å². The molecule has 58 valence electrons. The lowest BCUT2D eigenvalue weighted by atomic mass is 9.95. The lowest BCUT2D eigenvalue weighted by Crippen LogP contribution is -2.21. The second-order valence-corrected chi connectivity index (χ2v) is 3.05. The van der Waals surface area contributed by atoms with Crippen molar-refractivity contribution >= 4 is 0 Å².